The third kappa shape index (κ3) is 3.04. The van der Waals surface area contributed by atoms with E-state index in [1.54, 1.807) is 0 Å². The Balaban J connectivity index is 2.15. The van der Waals surface area contributed by atoms with Crippen LogP contribution in [0.5, 0.6) is 0 Å². The van der Waals surface area contributed by atoms with Crippen molar-refractivity contribution in [1.82, 2.24) is 0 Å². The Kier molecular flexibility index (Phi) is 4.49. The third-order valence-corrected chi connectivity index (χ3v) is 1.60. The lowest BCUT2D eigenvalue weighted by Crippen LogP contribution is -2.37. The summed E-state index contributed by atoms with van der Waals surface area (Å²) in [5, 5.41) is 17.9. The fourth-order valence-corrected chi connectivity index (χ4v) is 0.971. The minimum absolute atomic E-state index is 0.0697. The van der Waals surface area contributed by atoms with Crippen molar-refractivity contribution < 1.29 is 24.4 Å². The molecular weight excluding hydrogens is 164 g/mol. The topological polar surface area (TPSA) is 68.2 Å². The maximum Gasteiger partial charge on any atom is 0.188 e. The van der Waals surface area contributed by atoms with Crippen LogP contribution in [0.2, 0.25) is 0 Å². The molecule has 5 heteroatoms. The van der Waals surface area contributed by atoms with Crippen molar-refractivity contribution in [3.63, 3.8) is 0 Å². The average Bonchev–Trinajstić information content (AvgIpc) is 2.15. The van der Waals surface area contributed by atoms with Gasteiger partial charge < -0.3 is 24.4 Å². The summed E-state index contributed by atoms with van der Waals surface area (Å²) in [7, 11) is 0. The van der Waals surface area contributed by atoms with Crippen LogP contribution < -0.4 is 0 Å². The van der Waals surface area contributed by atoms with Crippen LogP contribution >= 0.6 is 0 Å². The Bertz CT molecular complexity index is 112. The minimum Gasteiger partial charge on any atom is -0.396 e. The van der Waals surface area contributed by atoms with E-state index in [9.17, 15) is 5.11 Å². The molecule has 1 aliphatic heterocycles. The fourth-order valence-electron chi connectivity index (χ4n) is 0.971. The summed E-state index contributed by atoms with van der Waals surface area (Å²) in [5.74, 6) is 0. The molecule has 0 aromatic carbocycles. The van der Waals surface area contributed by atoms with Gasteiger partial charge in [0.05, 0.1) is 0 Å². The number of hydrogen-bond acceptors (Lipinski definition) is 5. The Hall–Kier alpha value is -0.200. The van der Waals surface area contributed by atoms with Crippen LogP contribution in [0.15, 0.2) is 0 Å². The fraction of sp³-hybridized carbons (Fsp3) is 1.00. The molecule has 1 heterocycles. The summed E-state index contributed by atoms with van der Waals surface area (Å²) in [5.41, 5.74) is 0. The largest absolute Gasteiger partial charge is 0.396 e. The molecule has 5 nitrogen and oxygen atoms in total. The number of ether oxygens (including phenoxy) is 3. The Morgan fingerprint density at radius 1 is 1.33 bits per heavy atom. The van der Waals surface area contributed by atoms with E-state index in [0.29, 0.717) is 12.8 Å². The Labute approximate surface area is 70.9 Å². The molecule has 1 atom stereocenters. The highest BCUT2D eigenvalue weighted by atomic mass is 16.8. The van der Waals surface area contributed by atoms with E-state index in [2.05, 4.69) is 0 Å². The lowest BCUT2D eigenvalue weighted by molar-refractivity contribution is -0.322. The third-order valence-electron chi connectivity index (χ3n) is 1.60. The predicted octanol–water partition coefficient (Wildman–Crippen LogP) is -0.576. The molecule has 72 valence electrons. The van der Waals surface area contributed by atoms with Gasteiger partial charge in [-0.15, -0.1) is 0 Å². The molecule has 1 saturated heterocycles. The molecule has 0 aliphatic carbocycles. The van der Waals surface area contributed by atoms with Crippen LogP contribution in [0.25, 0.3) is 0 Å². The van der Waals surface area contributed by atoms with Crippen molar-refractivity contribution in [2.24, 2.45) is 0 Å². The van der Waals surface area contributed by atoms with Crippen LogP contribution in [0, 0.1) is 0 Å². The molecule has 0 aromatic rings. The second kappa shape index (κ2) is 5.45. The second-order valence-electron chi connectivity index (χ2n) is 2.57. The van der Waals surface area contributed by atoms with Gasteiger partial charge in [-0.2, -0.15) is 0 Å². The average molecular weight is 178 g/mol. The van der Waals surface area contributed by atoms with Crippen LogP contribution in [-0.4, -0.2) is 42.8 Å². The monoisotopic (exact) mass is 178 g/mol. The van der Waals surface area contributed by atoms with Gasteiger partial charge in [0, 0.05) is 6.61 Å². The van der Waals surface area contributed by atoms with E-state index < -0.39 is 12.4 Å². The van der Waals surface area contributed by atoms with Crippen molar-refractivity contribution in [3.8, 4) is 0 Å². The van der Waals surface area contributed by atoms with Crippen molar-refractivity contribution >= 4 is 0 Å². The molecule has 2 N–H and O–H groups in total. The lowest BCUT2D eigenvalue weighted by atomic mass is 10.2. The van der Waals surface area contributed by atoms with E-state index in [1.165, 1.54) is 0 Å². The molecular formula is C7H14O5. The van der Waals surface area contributed by atoms with Gasteiger partial charge in [-0.3, -0.25) is 0 Å². The quantitative estimate of drug-likeness (QED) is 0.603. The lowest BCUT2D eigenvalue weighted by Gasteiger charge is -2.26. The highest BCUT2D eigenvalue weighted by Crippen LogP contribution is 2.11. The van der Waals surface area contributed by atoms with Gasteiger partial charge in [-0.05, 0) is 12.8 Å². The van der Waals surface area contributed by atoms with E-state index in [0.717, 1.165) is 0 Å². The molecule has 1 aliphatic rings. The maximum atomic E-state index is 9.39. The molecule has 0 spiro atoms. The highest BCUT2D eigenvalue weighted by Gasteiger charge is 2.22. The summed E-state index contributed by atoms with van der Waals surface area (Å²) in [6.45, 7) is 0.377. The molecule has 0 saturated carbocycles. The van der Waals surface area contributed by atoms with Gasteiger partial charge in [0.1, 0.15) is 6.10 Å². The highest BCUT2D eigenvalue weighted by molar-refractivity contribution is 4.60. The van der Waals surface area contributed by atoms with E-state index in [4.69, 9.17) is 19.3 Å². The molecule has 0 amide bonds. The molecule has 1 rings (SSSR count). The van der Waals surface area contributed by atoms with Crippen molar-refractivity contribution in [2.75, 3.05) is 20.2 Å². The minimum atomic E-state index is -0.680. The van der Waals surface area contributed by atoms with Gasteiger partial charge in [0.25, 0.3) is 0 Å². The summed E-state index contributed by atoms with van der Waals surface area (Å²) in [4.78, 5) is 0. The molecule has 1 unspecified atom stereocenters. The van der Waals surface area contributed by atoms with Gasteiger partial charge >= 0.3 is 0 Å². The second-order valence-corrected chi connectivity index (χ2v) is 2.57. The van der Waals surface area contributed by atoms with E-state index in [1.807, 2.05) is 0 Å². The molecule has 0 bridgehead atoms. The van der Waals surface area contributed by atoms with Gasteiger partial charge in [-0.1, -0.05) is 0 Å². The molecule has 12 heavy (non-hydrogen) atoms. The Morgan fingerprint density at radius 2 is 2.00 bits per heavy atom. The number of hydrogen-bond donors (Lipinski definition) is 2. The molecule has 0 radical (unpaired) electrons. The first-order chi connectivity index (χ1) is 5.84. The van der Waals surface area contributed by atoms with Crippen LogP contribution in [0.4, 0.5) is 0 Å². The van der Waals surface area contributed by atoms with Crippen LogP contribution in [0.1, 0.15) is 12.8 Å². The number of rotatable bonds is 4. The predicted molar refractivity (Wildman–Crippen MR) is 39.1 cm³/mol. The molecule has 0 aromatic heterocycles. The van der Waals surface area contributed by atoms with E-state index >= 15 is 0 Å². The normalized spacial score (nSPS) is 22.5. The van der Waals surface area contributed by atoms with Crippen molar-refractivity contribution in [2.45, 2.75) is 25.2 Å². The Morgan fingerprint density at radius 3 is 2.58 bits per heavy atom. The van der Waals surface area contributed by atoms with Crippen molar-refractivity contribution in [3.05, 3.63) is 0 Å². The summed E-state index contributed by atoms with van der Waals surface area (Å²) < 4.78 is 14.7. The SMILES string of the molecule is OCCCC(O)C1OCOCO1. The summed E-state index contributed by atoms with van der Waals surface area (Å²) >= 11 is 0. The zero-order chi connectivity index (χ0) is 8.81. The maximum absolute atomic E-state index is 9.39. The van der Waals surface area contributed by atoms with Gasteiger partial charge in [-0.25, -0.2) is 0 Å². The summed E-state index contributed by atoms with van der Waals surface area (Å²) in [6, 6.07) is 0. The van der Waals surface area contributed by atoms with E-state index in [-0.39, 0.29) is 20.2 Å². The smallest absolute Gasteiger partial charge is 0.188 e. The van der Waals surface area contributed by atoms with Gasteiger partial charge in [0.2, 0.25) is 0 Å². The van der Waals surface area contributed by atoms with Crippen LogP contribution in [0.3, 0.4) is 0 Å². The van der Waals surface area contributed by atoms with Crippen LogP contribution in [-0.2, 0) is 14.2 Å². The first-order valence-corrected chi connectivity index (χ1v) is 3.94. The van der Waals surface area contributed by atoms with Gasteiger partial charge in [0.15, 0.2) is 19.9 Å². The summed E-state index contributed by atoms with van der Waals surface area (Å²) in [6.07, 6.45) is -0.266. The molecule has 1 fully saturated rings. The standard InChI is InChI=1S/C7H14O5/c8-3-1-2-6(9)7-11-4-10-5-12-7/h6-9H,1-5H2. The zero-order valence-corrected chi connectivity index (χ0v) is 6.81. The first-order valence-electron chi connectivity index (χ1n) is 3.94. The first kappa shape index (κ1) is 9.88. The number of aliphatic hydroxyl groups excluding tert-OH is 2. The number of aliphatic hydroxyl groups is 2. The zero-order valence-electron chi connectivity index (χ0n) is 6.81. The van der Waals surface area contributed by atoms with Crippen molar-refractivity contribution in [1.29, 1.82) is 0 Å².